The highest BCUT2D eigenvalue weighted by Gasteiger charge is 2.34. The highest BCUT2D eigenvalue weighted by atomic mass is 35.5. The van der Waals surface area contributed by atoms with Gasteiger partial charge in [-0.3, -0.25) is 15.0 Å². The van der Waals surface area contributed by atoms with Crippen molar-refractivity contribution in [1.82, 2.24) is 0 Å². The lowest BCUT2D eigenvalue weighted by Crippen LogP contribution is -2.19. The van der Waals surface area contributed by atoms with E-state index in [9.17, 15) is 23.6 Å². The van der Waals surface area contributed by atoms with Gasteiger partial charge in [0.15, 0.2) is 0 Å². The zero-order valence-electron chi connectivity index (χ0n) is 9.95. The largest absolute Gasteiger partial charge is 0.501 e. The first-order chi connectivity index (χ1) is 9.23. The van der Waals surface area contributed by atoms with E-state index in [1.54, 1.807) is 0 Å². The first-order valence-electron chi connectivity index (χ1n) is 5.36. The van der Waals surface area contributed by atoms with Crippen LogP contribution in [0.25, 0.3) is 0 Å². The molecule has 1 saturated heterocycles. The molecule has 1 aromatic rings. The molecule has 0 aliphatic carbocycles. The summed E-state index contributed by atoms with van der Waals surface area (Å²) in [7, 11) is -4.41. The highest BCUT2D eigenvalue weighted by molar-refractivity contribution is 7.89. The lowest BCUT2D eigenvalue weighted by molar-refractivity contribution is -0.385. The SMILES string of the molecule is NS(=O)(=O)c1c(Cl)cc(N2CCCO2)c([N+](=O)[O-])c1O. The molecule has 0 spiro atoms. The van der Waals surface area contributed by atoms with E-state index in [0.717, 1.165) is 6.07 Å². The Balaban J connectivity index is 2.75. The molecule has 0 bridgehead atoms. The lowest BCUT2D eigenvalue weighted by Gasteiger charge is -2.18. The molecule has 1 aliphatic rings. The monoisotopic (exact) mass is 323 g/mol. The quantitative estimate of drug-likeness (QED) is 0.618. The van der Waals surface area contributed by atoms with Crippen molar-refractivity contribution >= 4 is 33.0 Å². The van der Waals surface area contributed by atoms with Crippen molar-refractivity contribution < 1.29 is 23.3 Å². The van der Waals surface area contributed by atoms with Crippen LogP contribution in [0.5, 0.6) is 5.75 Å². The van der Waals surface area contributed by atoms with Crippen LogP contribution in [-0.4, -0.2) is 31.6 Å². The standard InChI is InChI=1S/C9H10ClN3O6S/c10-5-4-6(12-2-1-3-19-12)7(13(15)16)8(14)9(5)20(11,17)18/h4,14H,1-3H2,(H2,11,17,18). The fourth-order valence-corrected chi connectivity index (χ4v) is 3.09. The summed E-state index contributed by atoms with van der Waals surface area (Å²) >= 11 is 5.75. The van der Waals surface area contributed by atoms with E-state index in [1.165, 1.54) is 5.06 Å². The molecule has 9 nitrogen and oxygen atoms in total. The number of nitrogens with zero attached hydrogens (tertiary/aromatic N) is 2. The number of benzene rings is 1. The van der Waals surface area contributed by atoms with Gasteiger partial charge in [0.05, 0.1) is 16.6 Å². The van der Waals surface area contributed by atoms with Crippen molar-refractivity contribution in [3.63, 3.8) is 0 Å². The Kier molecular flexibility index (Phi) is 3.73. The third kappa shape index (κ3) is 2.50. The molecular weight excluding hydrogens is 314 g/mol. The summed E-state index contributed by atoms with van der Waals surface area (Å²) in [6.07, 6.45) is 0.631. The van der Waals surface area contributed by atoms with E-state index in [4.69, 9.17) is 21.6 Å². The summed E-state index contributed by atoms with van der Waals surface area (Å²) in [6, 6.07) is 1.03. The number of sulfonamides is 1. The van der Waals surface area contributed by atoms with Gasteiger partial charge in [-0.2, -0.15) is 0 Å². The molecule has 1 aliphatic heterocycles. The molecule has 20 heavy (non-hydrogen) atoms. The predicted molar refractivity (Wildman–Crippen MR) is 69.1 cm³/mol. The van der Waals surface area contributed by atoms with Gasteiger partial charge in [0, 0.05) is 6.54 Å². The van der Waals surface area contributed by atoms with Gasteiger partial charge >= 0.3 is 5.69 Å². The average molecular weight is 324 g/mol. The molecule has 2 rings (SSSR count). The number of hydrogen-bond donors (Lipinski definition) is 2. The van der Waals surface area contributed by atoms with Gasteiger partial charge in [0.1, 0.15) is 10.6 Å². The molecule has 1 aromatic carbocycles. The summed E-state index contributed by atoms with van der Waals surface area (Å²) in [5.41, 5.74) is -0.942. The molecule has 0 radical (unpaired) electrons. The zero-order valence-corrected chi connectivity index (χ0v) is 11.5. The maximum Gasteiger partial charge on any atom is 0.337 e. The van der Waals surface area contributed by atoms with Crippen LogP contribution in [0.1, 0.15) is 6.42 Å². The zero-order chi connectivity index (χ0) is 15.1. The van der Waals surface area contributed by atoms with Crippen LogP contribution in [0.2, 0.25) is 5.02 Å². The molecule has 0 unspecified atom stereocenters. The van der Waals surface area contributed by atoms with E-state index >= 15 is 0 Å². The average Bonchev–Trinajstić information content (AvgIpc) is 2.78. The minimum atomic E-state index is -4.41. The van der Waals surface area contributed by atoms with Crippen molar-refractivity contribution in [3.05, 3.63) is 21.2 Å². The number of nitro benzene ring substituents is 1. The summed E-state index contributed by atoms with van der Waals surface area (Å²) in [6.45, 7) is 0.706. The van der Waals surface area contributed by atoms with Gasteiger partial charge < -0.3 is 5.11 Å². The summed E-state index contributed by atoms with van der Waals surface area (Å²) in [4.78, 5) is 14.4. The second-order valence-electron chi connectivity index (χ2n) is 3.99. The number of nitrogens with two attached hydrogens (primary N) is 1. The fourth-order valence-electron chi connectivity index (χ4n) is 1.87. The van der Waals surface area contributed by atoms with Crippen LogP contribution >= 0.6 is 11.6 Å². The summed E-state index contributed by atoms with van der Waals surface area (Å²) in [5, 5.41) is 26.6. The third-order valence-corrected chi connectivity index (χ3v) is 4.04. The van der Waals surface area contributed by atoms with E-state index in [0.29, 0.717) is 19.6 Å². The fraction of sp³-hybridized carbons (Fsp3) is 0.333. The van der Waals surface area contributed by atoms with Gasteiger partial charge in [0.25, 0.3) is 0 Å². The number of phenolic OH excluding ortho intramolecular Hbond substituents is 1. The molecule has 1 fully saturated rings. The van der Waals surface area contributed by atoms with Gasteiger partial charge in [0.2, 0.25) is 15.8 Å². The first-order valence-corrected chi connectivity index (χ1v) is 7.29. The van der Waals surface area contributed by atoms with Gasteiger partial charge in [-0.25, -0.2) is 18.6 Å². The molecule has 1 heterocycles. The van der Waals surface area contributed by atoms with E-state index in [-0.39, 0.29) is 5.69 Å². The van der Waals surface area contributed by atoms with Crippen molar-refractivity contribution in [1.29, 1.82) is 0 Å². The Labute approximate surface area is 118 Å². The third-order valence-electron chi connectivity index (χ3n) is 2.65. The Morgan fingerprint density at radius 1 is 1.55 bits per heavy atom. The number of hydrogen-bond acceptors (Lipinski definition) is 7. The second-order valence-corrected chi connectivity index (χ2v) is 5.90. The molecule has 11 heteroatoms. The second kappa shape index (κ2) is 5.05. The molecule has 3 N–H and O–H groups in total. The molecule has 110 valence electrons. The van der Waals surface area contributed by atoms with Gasteiger partial charge in [-0.15, -0.1) is 0 Å². The van der Waals surface area contributed by atoms with Gasteiger partial charge in [-0.1, -0.05) is 11.6 Å². The molecule has 0 saturated carbocycles. The van der Waals surface area contributed by atoms with Crippen LogP contribution in [0.15, 0.2) is 11.0 Å². The van der Waals surface area contributed by atoms with Crippen LogP contribution in [0, 0.1) is 10.1 Å². The molecule has 0 aromatic heterocycles. The maximum absolute atomic E-state index is 11.3. The first kappa shape index (κ1) is 14.8. The maximum atomic E-state index is 11.3. The van der Waals surface area contributed by atoms with Crippen LogP contribution in [0.4, 0.5) is 11.4 Å². The summed E-state index contributed by atoms with van der Waals surface area (Å²) < 4.78 is 22.7. The number of aromatic hydroxyl groups is 1. The molecule has 0 amide bonds. The van der Waals surface area contributed by atoms with Crippen molar-refractivity contribution in [2.75, 3.05) is 18.2 Å². The number of hydroxylamine groups is 1. The number of halogens is 1. The van der Waals surface area contributed by atoms with Crippen molar-refractivity contribution in [3.8, 4) is 5.75 Å². The smallest absolute Gasteiger partial charge is 0.337 e. The van der Waals surface area contributed by atoms with E-state index in [2.05, 4.69) is 0 Å². The van der Waals surface area contributed by atoms with Crippen LogP contribution < -0.4 is 10.2 Å². The minimum absolute atomic E-state index is 0.123. The Morgan fingerprint density at radius 2 is 2.20 bits per heavy atom. The minimum Gasteiger partial charge on any atom is -0.501 e. The Hall–Kier alpha value is -1.62. The predicted octanol–water partition coefficient (Wildman–Crippen LogP) is 0.743. The number of rotatable bonds is 3. The van der Waals surface area contributed by atoms with Gasteiger partial charge in [-0.05, 0) is 12.5 Å². The van der Waals surface area contributed by atoms with E-state index in [1.807, 2.05) is 0 Å². The summed E-state index contributed by atoms with van der Waals surface area (Å²) in [5.74, 6) is -1.10. The Morgan fingerprint density at radius 3 is 2.65 bits per heavy atom. The van der Waals surface area contributed by atoms with Crippen molar-refractivity contribution in [2.45, 2.75) is 11.3 Å². The number of primary sulfonamides is 1. The van der Waals surface area contributed by atoms with Crippen molar-refractivity contribution in [2.24, 2.45) is 5.14 Å². The molecular formula is C9H10ClN3O6S. The molecule has 0 atom stereocenters. The Bertz CT molecular complexity index is 671. The lowest BCUT2D eigenvalue weighted by atomic mass is 10.2. The normalized spacial score (nSPS) is 15.6. The van der Waals surface area contributed by atoms with E-state index < -0.39 is 36.3 Å². The highest BCUT2D eigenvalue weighted by Crippen LogP contribution is 2.45. The number of phenols is 1. The van der Waals surface area contributed by atoms with Crippen LogP contribution in [0.3, 0.4) is 0 Å². The van der Waals surface area contributed by atoms with Crippen LogP contribution in [-0.2, 0) is 14.9 Å². The number of nitro groups is 1. The number of anilines is 1. The topological polar surface area (TPSA) is 136 Å².